The number of benzene rings is 2. The van der Waals surface area contributed by atoms with Crippen LogP contribution in [0.15, 0.2) is 54.6 Å². The van der Waals surface area contributed by atoms with E-state index in [0.29, 0.717) is 18.7 Å². The third-order valence-corrected chi connectivity index (χ3v) is 4.31. The molecule has 3 N–H and O–H groups in total. The van der Waals surface area contributed by atoms with E-state index in [4.69, 9.17) is 10.5 Å². The van der Waals surface area contributed by atoms with E-state index in [1.165, 1.54) is 5.56 Å². The molecule has 0 saturated carbocycles. The smallest absolute Gasteiger partial charge is 0.251 e. The van der Waals surface area contributed by atoms with Crippen LogP contribution in [-0.4, -0.2) is 24.6 Å². The number of hydrogen-bond acceptors (Lipinski definition) is 3. The van der Waals surface area contributed by atoms with E-state index >= 15 is 0 Å². The number of carbonyl (C=O) groups is 1. The molecule has 23 heavy (non-hydrogen) atoms. The number of amides is 1. The zero-order valence-electron chi connectivity index (χ0n) is 13.1. The third kappa shape index (κ3) is 3.54. The zero-order valence-corrected chi connectivity index (χ0v) is 13.1. The summed E-state index contributed by atoms with van der Waals surface area (Å²) in [5, 5.41) is 2.95. The van der Waals surface area contributed by atoms with Crippen molar-refractivity contribution in [2.24, 2.45) is 5.73 Å². The summed E-state index contributed by atoms with van der Waals surface area (Å²) in [6.45, 7) is 1.10. The summed E-state index contributed by atoms with van der Waals surface area (Å²) in [6.07, 6.45) is 2.50. The SMILES string of the molecule is NCC1(CCCNC(=O)c2ccccc2)Cc2ccccc2O1. The van der Waals surface area contributed by atoms with Crippen molar-refractivity contribution in [3.63, 3.8) is 0 Å². The maximum Gasteiger partial charge on any atom is 0.251 e. The van der Waals surface area contributed by atoms with Crippen molar-refractivity contribution in [2.45, 2.75) is 24.9 Å². The lowest BCUT2D eigenvalue weighted by Crippen LogP contribution is -2.43. The minimum Gasteiger partial charge on any atom is -0.485 e. The number of ether oxygens (including phenoxy) is 1. The van der Waals surface area contributed by atoms with Crippen molar-refractivity contribution in [2.75, 3.05) is 13.1 Å². The van der Waals surface area contributed by atoms with Crippen LogP contribution in [0.3, 0.4) is 0 Å². The van der Waals surface area contributed by atoms with E-state index < -0.39 is 0 Å². The number of fused-ring (bicyclic) bond motifs is 1. The highest BCUT2D eigenvalue weighted by Crippen LogP contribution is 2.36. The Bertz CT molecular complexity index is 645. The van der Waals surface area contributed by atoms with Gasteiger partial charge >= 0.3 is 0 Å². The van der Waals surface area contributed by atoms with Gasteiger partial charge in [0.2, 0.25) is 0 Å². The number of para-hydroxylation sites is 1. The number of hydrogen-bond donors (Lipinski definition) is 2. The van der Waals surface area contributed by atoms with Gasteiger partial charge in [0.15, 0.2) is 0 Å². The molecule has 120 valence electrons. The van der Waals surface area contributed by atoms with Crippen molar-refractivity contribution in [3.05, 3.63) is 65.7 Å². The molecular weight excluding hydrogens is 288 g/mol. The second-order valence-electron chi connectivity index (χ2n) is 6.00. The molecule has 0 fully saturated rings. The fourth-order valence-corrected chi connectivity index (χ4v) is 3.03. The molecule has 0 radical (unpaired) electrons. The fraction of sp³-hybridized carbons (Fsp3) is 0.316. The average molecular weight is 310 g/mol. The van der Waals surface area contributed by atoms with E-state index in [9.17, 15) is 4.79 Å². The zero-order chi connectivity index (χ0) is 16.1. The van der Waals surface area contributed by atoms with Crippen LogP contribution in [0, 0.1) is 0 Å². The molecule has 2 aromatic carbocycles. The van der Waals surface area contributed by atoms with Gasteiger partial charge < -0.3 is 15.8 Å². The van der Waals surface area contributed by atoms with Gasteiger partial charge in [0.05, 0.1) is 0 Å². The molecule has 4 heteroatoms. The Labute approximate surface area is 136 Å². The molecule has 0 spiro atoms. The fourth-order valence-electron chi connectivity index (χ4n) is 3.03. The van der Waals surface area contributed by atoms with Crippen LogP contribution in [0.1, 0.15) is 28.8 Å². The predicted molar refractivity (Wildman–Crippen MR) is 90.6 cm³/mol. The molecule has 1 heterocycles. The third-order valence-electron chi connectivity index (χ3n) is 4.31. The molecule has 1 atom stereocenters. The summed E-state index contributed by atoms with van der Waals surface area (Å²) < 4.78 is 6.10. The summed E-state index contributed by atoms with van der Waals surface area (Å²) in [5.74, 6) is 0.897. The summed E-state index contributed by atoms with van der Waals surface area (Å²) in [6, 6.07) is 17.3. The van der Waals surface area contributed by atoms with Crippen LogP contribution in [0.5, 0.6) is 5.75 Å². The second-order valence-corrected chi connectivity index (χ2v) is 6.00. The largest absolute Gasteiger partial charge is 0.485 e. The van der Waals surface area contributed by atoms with Crippen LogP contribution in [-0.2, 0) is 6.42 Å². The van der Waals surface area contributed by atoms with Crippen LogP contribution < -0.4 is 15.8 Å². The standard InChI is InChI=1S/C19H22N2O2/c20-14-19(13-16-9-4-5-10-17(16)23-19)11-6-12-21-18(22)15-7-2-1-3-8-15/h1-5,7-10H,6,11-14,20H2,(H,21,22). The Hall–Kier alpha value is -2.33. The highest BCUT2D eigenvalue weighted by molar-refractivity contribution is 5.94. The topological polar surface area (TPSA) is 64.3 Å². The first-order chi connectivity index (χ1) is 11.2. The van der Waals surface area contributed by atoms with E-state index in [0.717, 1.165) is 25.0 Å². The van der Waals surface area contributed by atoms with Crippen LogP contribution in [0.2, 0.25) is 0 Å². The second kappa shape index (κ2) is 6.84. The number of nitrogens with one attached hydrogen (secondary N) is 1. The molecule has 4 nitrogen and oxygen atoms in total. The monoisotopic (exact) mass is 310 g/mol. The van der Waals surface area contributed by atoms with Crippen molar-refractivity contribution < 1.29 is 9.53 Å². The molecule has 0 bridgehead atoms. The van der Waals surface area contributed by atoms with Crippen molar-refractivity contribution in [1.29, 1.82) is 0 Å². The molecule has 0 aromatic heterocycles. The summed E-state index contributed by atoms with van der Waals surface area (Å²) in [5.41, 5.74) is 7.54. The Morgan fingerprint density at radius 1 is 1.13 bits per heavy atom. The molecule has 3 rings (SSSR count). The molecule has 2 aromatic rings. The van der Waals surface area contributed by atoms with E-state index in [1.807, 2.05) is 48.5 Å². The molecular formula is C19H22N2O2. The Balaban J connectivity index is 1.50. The number of rotatable bonds is 6. The molecule has 1 aliphatic rings. The number of nitrogens with two attached hydrogens (primary N) is 1. The van der Waals surface area contributed by atoms with Gasteiger partial charge in [-0.2, -0.15) is 0 Å². The van der Waals surface area contributed by atoms with E-state index in [2.05, 4.69) is 11.4 Å². The highest BCUT2D eigenvalue weighted by Gasteiger charge is 2.37. The average Bonchev–Trinajstić information content (AvgIpc) is 2.98. The van der Waals surface area contributed by atoms with Gasteiger partial charge in [-0.25, -0.2) is 0 Å². The highest BCUT2D eigenvalue weighted by atomic mass is 16.5. The van der Waals surface area contributed by atoms with Gasteiger partial charge in [0.1, 0.15) is 11.4 Å². The lowest BCUT2D eigenvalue weighted by atomic mass is 9.92. The molecule has 1 unspecified atom stereocenters. The molecule has 0 aliphatic carbocycles. The van der Waals surface area contributed by atoms with Gasteiger partial charge in [-0.3, -0.25) is 4.79 Å². The normalized spacial score (nSPS) is 19.0. The van der Waals surface area contributed by atoms with Crippen LogP contribution in [0.4, 0.5) is 0 Å². The molecule has 1 amide bonds. The van der Waals surface area contributed by atoms with E-state index in [-0.39, 0.29) is 11.5 Å². The minimum atomic E-state index is -0.332. The van der Waals surface area contributed by atoms with Gasteiger partial charge in [0, 0.05) is 25.1 Å². The van der Waals surface area contributed by atoms with Crippen molar-refractivity contribution in [3.8, 4) is 5.75 Å². The van der Waals surface area contributed by atoms with Gasteiger partial charge in [0.25, 0.3) is 5.91 Å². The van der Waals surface area contributed by atoms with Crippen molar-refractivity contribution >= 4 is 5.91 Å². The molecule has 1 aliphatic heterocycles. The summed E-state index contributed by atoms with van der Waals surface area (Å²) in [7, 11) is 0. The summed E-state index contributed by atoms with van der Waals surface area (Å²) >= 11 is 0. The first-order valence-electron chi connectivity index (χ1n) is 8.03. The van der Waals surface area contributed by atoms with Gasteiger partial charge in [-0.15, -0.1) is 0 Å². The van der Waals surface area contributed by atoms with Crippen LogP contribution >= 0.6 is 0 Å². The lowest BCUT2D eigenvalue weighted by molar-refractivity contribution is 0.0873. The lowest BCUT2D eigenvalue weighted by Gasteiger charge is -2.27. The molecule has 0 saturated heterocycles. The maximum atomic E-state index is 12.0. The Kier molecular flexibility index (Phi) is 4.63. The first-order valence-corrected chi connectivity index (χ1v) is 8.03. The Morgan fingerprint density at radius 2 is 1.87 bits per heavy atom. The Morgan fingerprint density at radius 3 is 2.61 bits per heavy atom. The van der Waals surface area contributed by atoms with Crippen LogP contribution in [0.25, 0.3) is 0 Å². The predicted octanol–water partition coefficient (Wildman–Crippen LogP) is 2.53. The van der Waals surface area contributed by atoms with Gasteiger partial charge in [-0.05, 0) is 36.6 Å². The van der Waals surface area contributed by atoms with Crippen molar-refractivity contribution in [1.82, 2.24) is 5.32 Å². The summed E-state index contributed by atoms with van der Waals surface area (Å²) in [4.78, 5) is 12.0. The van der Waals surface area contributed by atoms with Gasteiger partial charge in [-0.1, -0.05) is 36.4 Å². The number of carbonyl (C=O) groups excluding carboxylic acids is 1. The first kappa shape index (κ1) is 15.6. The quantitative estimate of drug-likeness (QED) is 0.806. The maximum absolute atomic E-state index is 12.0. The van der Waals surface area contributed by atoms with E-state index in [1.54, 1.807) is 0 Å². The minimum absolute atomic E-state index is 0.0389.